The van der Waals surface area contributed by atoms with Gasteiger partial charge in [0.15, 0.2) is 11.5 Å². The average molecular weight is 275 g/mol. The fraction of sp³-hybridized carbons (Fsp3) is 0.133. The normalized spacial score (nSPS) is 9.95. The molecule has 2 aromatic carbocycles. The Kier molecular flexibility index (Phi) is 4.20. The molecular formula is C15H14FNO3. The highest BCUT2D eigenvalue weighted by Gasteiger charge is 2.09. The molecule has 2 aromatic rings. The van der Waals surface area contributed by atoms with Gasteiger partial charge in [0.1, 0.15) is 5.82 Å². The first-order valence-electron chi connectivity index (χ1n) is 5.93. The predicted molar refractivity (Wildman–Crippen MR) is 73.9 cm³/mol. The molecule has 0 saturated carbocycles. The molecule has 0 heterocycles. The maximum absolute atomic E-state index is 13.1. The smallest absolute Gasteiger partial charge is 0.255 e. The van der Waals surface area contributed by atoms with E-state index in [0.717, 1.165) is 0 Å². The number of ether oxygens (including phenoxy) is 2. The summed E-state index contributed by atoms with van der Waals surface area (Å²) in [5.74, 6) is 0.225. The molecule has 104 valence electrons. The van der Waals surface area contributed by atoms with Crippen LogP contribution in [0.1, 0.15) is 10.4 Å². The van der Waals surface area contributed by atoms with Gasteiger partial charge < -0.3 is 14.8 Å². The van der Waals surface area contributed by atoms with Gasteiger partial charge in [0.05, 0.1) is 14.2 Å². The van der Waals surface area contributed by atoms with Gasteiger partial charge in [-0.25, -0.2) is 4.39 Å². The van der Waals surface area contributed by atoms with E-state index in [1.165, 1.54) is 32.4 Å². The molecule has 5 heteroatoms. The van der Waals surface area contributed by atoms with E-state index in [4.69, 9.17) is 9.47 Å². The van der Waals surface area contributed by atoms with Gasteiger partial charge in [-0.3, -0.25) is 4.79 Å². The topological polar surface area (TPSA) is 47.6 Å². The molecule has 20 heavy (non-hydrogen) atoms. The molecule has 0 fully saturated rings. The molecule has 4 nitrogen and oxygen atoms in total. The zero-order valence-electron chi connectivity index (χ0n) is 11.1. The highest BCUT2D eigenvalue weighted by atomic mass is 19.1. The summed E-state index contributed by atoms with van der Waals surface area (Å²) in [5, 5.41) is 2.67. The van der Waals surface area contributed by atoms with E-state index in [0.29, 0.717) is 17.2 Å². The number of methoxy groups -OCH3 is 2. The predicted octanol–water partition coefficient (Wildman–Crippen LogP) is 3.10. The lowest BCUT2D eigenvalue weighted by Gasteiger charge is -2.10. The van der Waals surface area contributed by atoms with Crippen molar-refractivity contribution in [2.45, 2.75) is 0 Å². The van der Waals surface area contributed by atoms with E-state index < -0.39 is 11.7 Å². The number of halogens is 1. The van der Waals surface area contributed by atoms with E-state index in [2.05, 4.69) is 5.32 Å². The number of carbonyl (C=O) groups excluding carboxylic acids is 1. The minimum Gasteiger partial charge on any atom is -0.493 e. The van der Waals surface area contributed by atoms with Gasteiger partial charge in [-0.1, -0.05) is 6.07 Å². The summed E-state index contributed by atoms with van der Waals surface area (Å²) in [6.45, 7) is 0. The molecule has 0 bridgehead atoms. The lowest BCUT2D eigenvalue weighted by molar-refractivity contribution is 0.102. The Morgan fingerprint density at radius 1 is 1.05 bits per heavy atom. The lowest BCUT2D eigenvalue weighted by atomic mass is 10.2. The van der Waals surface area contributed by atoms with Crippen LogP contribution in [0.15, 0.2) is 42.5 Å². The first-order chi connectivity index (χ1) is 9.63. The molecule has 0 unspecified atom stereocenters. The van der Waals surface area contributed by atoms with Crippen LogP contribution in [-0.4, -0.2) is 20.1 Å². The third-order valence-corrected chi connectivity index (χ3v) is 2.73. The van der Waals surface area contributed by atoms with E-state index >= 15 is 0 Å². The highest BCUT2D eigenvalue weighted by Crippen LogP contribution is 2.29. The number of hydrogen-bond acceptors (Lipinski definition) is 3. The summed E-state index contributed by atoms with van der Waals surface area (Å²) in [5.41, 5.74) is 0.789. The number of nitrogens with one attached hydrogen (secondary N) is 1. The van der Waals surface area contributed by atoms with E-state index in [9.17, 15) is 9.18 Å². The Morgan fingerprint density at radius 2 is 1.80 bits per heavy atom. The average Bonchev–Trinajstić information content (AvgIpc) is 2.47. The number of benzene rings is 2. The van der Waals surface area contributed by atoms with Gasteiger partial charge >= 0.3 is 0 Å². The monoisotopic (exact) mass is 275 g/mol. The highest BCUT2D eigenvalue weighted by molar-refractivity contribution is 6.04. The summed E-state index contributed by atoms with van der Waals surface area (Å²) < 4.78 is 23.3. The first kappa shape index (κ1) is 13.9. The van der Waals surface area contributed by atoms with Crippen molar-refractivity contribution in [3.63, 3.8) is 0 Å². The van der Waals surface area contributed by atoms with Gasteiger partial charge in [0, 0.05) is 17.3 Å². The van der Waals surface area contributed by atoms with E-state index in [-0.39, 0.29) is 5.56 Å². The number of amides is 1. The summed E-state index contributed by atoms with van der Waals surface area (Å²) in [4.78, 5) is 12.0. The molecule has 0 radical (unpaired) electrons. The molecule has 0 spiro atoms. The first-order valence-corrected chi connectivity index (χ1v) is 5.93. The molecule has 0 aromatic heterocycles. The molecule has 0 saturated heterocycles. The fourth-order valence-corrected chi connectivity index (χ4v) is 1.75. The van der Waals surface area contributed by atoms with Gasteiger partial charge in [-0.2, -0.15) is 0 Å². The summed E-state index contributed by atoms with van der Waals surface area (Å²) in [6.07, 6.45) is 0. The number of rotatable bonds is 4. The lowest BCUT2D eigenvalue weighted by Crippen LogP contribution is -2.12. The van der Waals surface area contributed by atoms with Crippen molar-refractivity contribution < 1.29 is 18.7 Å². The van der Waals surface area contributed by atoms with Crippen molar-refractivity contribution in [3.8, 4) is 11.5 Å². The summed E-state index contributed by atoms with van der Waals surface area (Å²) >= 11 is 0. The number of carbonyl (C=O) groups is 1. The maximum atomic E-state index is 13.1. The van der Waals surface area contributed by atoms with Crippen LogP contribution in [0.2, 0.25) is 0 Å². The molecule has 1 amide bonds. The van der Waals surface area contributed by atoms with Gasteiger partial charge in [-0.15, -0.1) is 0 Å². The fourth-order valence-electron chi connectivity index (χ4n) is 1.75. The van der Waals surface area contributed by atoms with Crippen molar-refractivity contribution in [1.29, 1.82) is 0 Å². The quantitative estimate of drug-likeness (QED) is 0.932. The van der Waals surface area contributed by atoms with E-state index in [1.807, 2.05) is 0 Å². The minimum absolute atomic E-state index is 0.250. The van der Waals surface area contributed by atoms with Gasteiger partial charge in [-0.05, 0) is 30.3 Å². The summed E-state index contributed by atoms with van der Waals surface area (Å²) in [7, 11) is 3.04. The van der Waals surface area contributed by atoms with Gasteiger partial charge in [0.2, 0.25) is 0 Å². The Balaban J connectivity index is 2.19. The summed E-state index contributed by atoms with van der Waals surface area (Å²) in [6, 6.07) is 10.5. The molecule has 0 aliphatic carbocycles. The van der Waals surface area contributed by atoms with Crippen molar-refractivity contribution in [1.82, 2.24) is 0 Å². The molecule has 0 aliphatic rings. The Labute approximate surface area is 116 Å². The van der Waals surface area contributed by atoms with Crippen LogP contribution in [-0.2, 0) is 0 Å². The maximum Gasteiger partial charge on any atom is 0.255 e. The molecule has 1 N–H and O–H groups in total. The molecule has 0 aliphatic heterocycles. The number of hydrogen-bond donors (Lipinski definition) is 1. The molecule has 2 rings (SSSR count). The van der Waals surface area contributed by atoms with Crippen LogP contribution in [0.25, 0.3) is 0 Å². The second-order valence-corrected chi connectivity index (χ2v) is 4.03. The van der Waals surface area contributed by atoms with Crippen LogP contribution >= 0.6 is 0 Å². The minimum atomic E-state index is -0.454. The van der Waals surface area contributed by atoms with Crippen LogP contribution in [0.4, 0.5) is 10.1 Å². The third-order valence-electron chi connectivity index (χ3n) is 2.73. The van der Waals surface area contributed by atoms with Gasteiger partial charge in [0.25, 0.3) is 5.91 Å². The van der Waals surface area contributed by atoms with Crippen molar-refractivity contribution >= 4 is 11.6 Å². The SMILES string of the molecule is COc1ccc(NC(=O)c2cccc(F)c2)cc1OC. The zero-order valence-corrected chi connectivity index (χ0v) is 11.1. The van der Waals surface area contributed by atoms with Crippen molar-refractivity contribution in [2.24, 2.45) is 0 Å². The standard InChI is InChI=1S/C15H14FNO3/c1-19-13-7-6-12(9-14(13)20-2)17-15(18)10-4-3-5-11(16)8-10/h3-9H,1-2H3,(H,17,18). The second-order valence-electron chi connectivity index (χ2n) is 4.03. The van der Waals surface area contributed by atoms with Crippen molar-refractivity contribution in [2.75, 3.05) is 19.5 Å². The van der Waals surface area contributed by atoms with Crippen LogP contribution in [0.3, 0.4) is 0 Å². The Morgan fingerprint density at radius 3 is 2.45 bits per heavy atom. The number of anilines is 1. The van der Waals surface area contributed by atoms with E-state index in [1.54, 1.807) is 24.3 Å². The van der Waals surface area contributed by atoms with Crippen LogP contribution < -0.4 is 14.8 Å². The molecule has 0 atom stereocenters. The zero-order chi connectivity index (χ0) is 14.5. The van der Waals surface area contributed by atoms with Crippen molar-refractivity contribution in [3.05, 3.63) is 53.8 Å². The largest absolute Gasteiger partial charge is 0.493 e. The Hall–Kier alpha value is -2.56. The van der Waals surface area contributed by atoms with Crippen LogP contribution in [0.5, 0.6) is 11.5 Å². The van der Waals surface area contributed by atoms with Crippen LogP contribution in [0, 0.1) is 5.82 Å². The second kappa shape index (κ2) is 6.06. The third kappa shape index (κ3) is 3.06. The Bertz CT molecular complexity index is 628. The molecular weight excluding hydrogens is 261 g/mol.